The van der Waals surface area contributed by atoms with Gasteiger partial charge in [-0.2, -0.15) is 0 Å². The first-order chi connectivity index (χ1) is 9.15. The molecule has 1 saturated carbocycles. The van der Waals surface area contributed by atoms with Crippen LogP contribution in [0, 0.1) is 5.82 Å². The van der Waals surface area contributed by atoms with Crippen molar-refractivity contribution in [2.75, 3.05) is 0 Å². The van der Waals surface area contributed by atoms with Crippen molar-refractivity contribution in [1.29, 1.82) is 0 Å². The summed E-state index contributed by atoms with van der Waals surface area (Å²) in [6, 6.07) is 12.5. The van der Waals surface area contributed by atoms with Crippen molar-refractivity contribution in [2.45, 2.75) is 24.9 Å². The molecule has 1 aliphatic rings. The van der Waals surface area contributed by atoms with Gasteiger partial charge in [-0.25, -0.2) is 4.39 Å². The minimum Gasteiger partial charge on any atom is -0.384 e. The van der Waals surface area contributed by atoms with Crippen LogP contribution in [0.4, 0.5) is 4.39 Å². The average molecular weight is 321 g/mol. The lowest BCUT2D eigenvalue weighted by atomic mass is 9.98. The SMILES string of the molecule is OC(c1cccc(C2CC2)c1)c1cc(Br)ccc1F. The molecule has 2 aromatic rings. The summed E-state index contributed by atoms with van der Waals surface area (Å²) in [7, 11) is 0. The van der Waals surface area contributed by atoms with Gasteiger partial charge in [0.2, 0.25) is 0 Å². The summed E-state index contributed by atoms with van der Waals surface area (Å²) >= 11 is 3.31. The van der Waals surface area contributed by atoms with E-state index in [0.29, 0.717) is 11.5 Å². The maximum Gasteiger partial charge on any atom is 0.129 e. The minimum absolute atomic E-state index is 0.308. The Morgan fingerprint density at radius 1 is 1.16 bits per heavy atom. The third-order valence-electron chi connectivity index (χ3n) is 3.53. The quantitative estimate of drug-likeness (QED) is 0.879. The van der Waals surface area contributed by atoms with E-state index < -0.39 is 6.10 Å². The molecule has 0 aromatic heterocycles. The van der Waals surface area contributed by atoms with Crippen molar-refractivity contribution in [3.05, 3.63) is 69.4 Å². The smallest absolute Gasteiger partial charge is 0.129 e. The van der Waals surface area contributed by atoms with Gasteiger partial charge in [0.25, 0.3) is 0 Å². The standard InChI is InChI=1S/C16H14BrFO/c17-13-6-7-15(18)14(9-13)16(19)12-3-1-2-11(8-12)10-4-5-10/h1-3,6-10,16,19H,4-5H2. The summed E-state index contributed by atoms with van der Waals surface area (Å²) in [5.41, 5.74) is 2.30. The molecule has 1 unspecified atom stereocenters. The molecule has 0 spiro atoms. The van der Waals surface area contributed by atoms with Crippen molar-refractivity contribution in [2.24, 2.45) is 0 Å². The third kappa shape index (κ3) is 2.72. The Morgan fingerprint density at radius 3 is 2.68 bits per heavy atom. The van der Waals surface area contributed by atoms with Crippen molar-refractivity contribution >= 4 is 15.9 Å². The average Bonchev–Trinajstić information content (AvgIpc) is 3.25. The highest BCUT2D eigenvalue weighted by Gasteiger charge is 2.24. The van der Waals surface area contributed by atoms with E-state index in [-0.39, 0.29) is 5.82 Å². The van der Waals surface area contributed by atoms with Crippen LogP contribution in [0.5, 0.6) is 0 Å². The van der Waals surface area contributed by atoms with Gasteiger partial charge in [0, 0.05) is 10.0 Å². The van der Waals surface area contributed by atoms with Gasteiger partial charge in [-0.1, -0.05) is 40.2 Å². The van der Waals surface area contributed by atoms with Crippen LogP contribution in [0.3, 0.4) is 0 Å². The zero-order chi connectivity index (χ0) is 13.4. The predicted molar refractivity (Wildman–Crippen MR) is 76.6 cm³/mol. The van der Waals surface area contributed by atoms with E-state index in [0.717, 1.165) is 10.0 Å². The molecule has 2 aromatic carbocycles. The molecule has 1 nitrogen and oxygen atoms in total. The minimum atomic E-state index is -0.920. The Balaban J connectivity index is 1.96. The highest BCUT2D eigenvalue weighted by atomic mass is 79.9. The molecule has 1 atom stereocenters. The van der Waals surface area contributed by atoms with Gasteiger partial charge in [-0.15, -0.1) is 0 Å². The van der Waals surface area contributed by atoms with Crippen LogP contribution in [0.2, 0.25) is 0 Å². The predicted octanol–water partition coefficient (Wildman–Crippen LogP) is 4.55. The Kier molecular flexibility index (Phi) is 3.42. The normalized spacial score (nSPS) is 16.4. The Morgan fingerprint density at radius 2 is 1.95 bits per heavy atom. The molecular weight excluding hydrogens is 307 g/mol. The van der Waals surface area contributed by atoms with E-state index >= 15 is 0 Å². The molecule has 98 valence electrons. The van der Waals surface area contributed by atoms with E-state index in [1.54, 1.807) is 12.1 Å². The maximum absolute atomic E-state index is 13.8. The first-order valence-corrected chi connectivity index (χ1v) is 7.17. The van der Waals surface area contributed by atoms with Gasteiger partial charge in [0.1, 0.15) is 11.9 Å². The molecule has 0 aliphatic heterocycles. The van der Waals surface area contributed by atoms with E-state index in [2.05, 4.69) is 22.0 Å². The Hall–Kier alpha value is -1.19. The molecule has 0 saturated heterocycles. The number of aliphatic hydroxyl groups is 1. The molecule has 19 heavy (non-hydrogen) atoms. The Bertz CT molecular complexity index is 607. The Labute approximate surface area is 120 Å². The summed E-state index contributed by atoms with van der Waals surface area (Å²) in [5, 5.41) is 10.4. The summed E-state index contributed by atoms with van der Waals surface area (Å²) < 4.78 is 14.6. The summed E-state index contributed by atoms with van der Waals surface area (Å²) in [4.78, 5) is 0. The lowest BCUT2D eigenvalue weighted by Gasteiger charge is -2.14. The highest BCUT2D eigenvalue weighted by molar-refractivity contribution is 9.10. The number of rotatable bonds is 3. The molecule has 1 aliphatic carbocycles. The van der Waals surface area contributed by atoms with Gasteiger partial charge in [0.05, 0.1) is 0 Å². The van der Waals surface area contributed by atoms with Crippen LogP contribution in [0.25, 0.3) is 0 Å². The first kappa shape index (κ1) is 12.8. The third-order valence-corrected chi connectivity index (χ3v) is 4.02. The van der Waals surface area contributed by atoms with Crippen molar-refractivity contribution < 1.29 is 9.50 Å². The van der Waals surface area contributed by atoms with Crippen LogP contribution in [-0.2, 0) is 0 Å². The molecular formula is C16H14BrFO. The van der Waals surface area contributed by atoms with Crippen LogP contribution in [0.1, 0.15) is 41.6 Å². The second kappa shape index (κ2) is 5.06. The van der Waals surface area contributed by atoms with Crippen LogP contribution in [0.15, 0.2) is 46.9 Å². The van der Waals surface area contributed by atoms with Gasteiger partial charge >= 0.3 is 0 Å². The molecule has 3 rings (SSSR count). The maximum atomic E-state index is 13.8. The molecule has 3 heteroatoms. The van der Waals surface area contributed by atoms with E-state index in [9.17, 15) is 9.50 Å². The number of benzene rings is 2. The van der Waals surface area contributed by atoms with Gasteiger partial charge in [0.15, 0.2) is 0 Å². The van der Waals surface area contributed by atoms with E-state index in [1.165, 1.54) is 24.5 Å². The summed E-state index contributed by atoms with van der Waals surface area (Å²) in [6.45, 7) is 0. The fourth-order valence-electron chi connectivity index (χ4n) is 2.30. The zero-order valence-electron chi connectivity index (χ0n) is 10.3. The molecule has 0 bridgehead atoms. The monoisotopic (exact) mass is 320 g/mol. The number of hydrogen-bond acceptors (Lipinski definition) is 1. The van der Waals surface area contributed by atoms with Gasteiger partial charge in [-0.3, -0.25) is 0 Å². The molecule has 0 amide bonds. The van der Waals surface area contributed by atoms with Crippen molar-refractivity contribution in [3.63, 3.8) is 0 Å². The first-order valence-electron chi connectivity index (χ1n) is 6.38. The molecule has 1 N–H and O–H groups in total. The van der Waals surface area contributed by atoms with Crippen LogP contribution in [-0.4, -0.2) is 5.11 Å². The molecule has 0 heterocycles. The van der Waals surface area contributed by atoms with Crippen LogP contribution >= 0.6 is 15.9 Å². The number of aliphatic hydroxyl groups excluding tert-OH is 1. The van der Waals surface area contributed by atoms with E-state index in [1.807, 2.05) is 18.2 Å². The molecule has 0 radical (unpaired) electrons. The summed E-state index contributed by atoms with van der Waals surface area (Å²) in [5.74, 6) is 0.243. The fourth-order valence-corrected chi connectivity index (χ4v) is 2.68. The van der Waals surface area contributed by atoms with Gasteiger partial charge < -0.3 is 5.11 Å². The largest absolute Gasteiger partial charge is 0.384 e. The lowest BCUT2D eigenvalue weighted by Crippen LogP contribution is -2.03. The van der Waals surface area contributed by atoms with Crippen molar-refractivity contribution in [1.82, 2.24) is 0 Å². The second-order valence-electron chi connectivity index (χ2n) is 5.01. The molecule has 1 fully saturated rings. The lowest BCUT2D eigenvalue weighted by molar-refractivity contribution is 0.215. The van der Waals surface area contributed by atoms with E-state index in [4.69, 9.17) is 0 Å². The van der Waals surface area contributed by atoms with Gasteiger partial charge in [-0.05, 0) is 48.1 Å². The topological polar surface area (TPSA) is 20.2 Å². The fraction of sp³-hybridized carbons (Fsp3) is 0.250. The zero-order valence-corrected chi connectivity index (χ0v) is 11.9. The summed E-state index contributed by atoms with van der Waals surface area (Å²) in [6.07, 6.45) is 1.51. The highest BCUT2D eigenvalue weighted by Crippen LogP contribution is 2.41. The number of hydrogen-bond donors (Lipinski definition) is 1. The van der Waals surface area contributed by atoms with Crippen molar-refractivity contribution in [3.8, 4) is 0 Å². The van der Waals surface area contributed by atoms with Crippen LogP contribution < -0.4 is 0 Å². The number of halogens is 2. The second-order valence-corrected chi connectivity index (χ2v) is 5.93.